The van der Waals surface area contributed by atoms with Gasteiger partial charge in [0.05, 0.1) is 6.61 Å². The van der Waals surface area contributed by atoms with Crippen molar-refractivity contribution in [2.45, 2.75) is 19.8 Å². The molecule has 18 heavy (non-hydrogen) atoms. The summed E-state index contributed by atoms with van der Waals surface area (Å²) in [7, 11) is -1.42. The number of benzene rings is 1. The fourth-order valence-corrected chi connectivity index (χ4v) is 2.15. The van der Waals surface area contributed by atoms with Crippen molar-refractivity contribution in [3.05, 3.63) is 23.8 Å². The van der Waals surface area contributed by atoms with Crippen LogP contribution in [0.5, 0.6) is 5.75 Å². The summed E-state index contributed by atoms with van der Waals surface area (Å²) in [5, 5.41) is 18.3. The molecule has 4 nitrogen and oxygen atoms in total. The predicted octanol–water partition coefficient (Wildman–Crippen LogP) is 0.480. The lowest BCUT2D eigenvalue weighted by atomic mass is 9.77. The molecule has 0 aromatic heterocycles. The first-order valence-electron chi connectivity index (χ1n) is 6.34. The third-order valence-electron chi connectivity index (χ3n) is 3.35. The normalized spacial score (nSPS) is 16.6. The summed E-state index contributed by atoms with van der Waals surface area (Å²) in [6.45, 7) is 4.19. The molecule has 5 heteroatoms. The highest BCUT2D eigenvalue weighted by molar-refractivity contribution is 6.59. The summed E-state index contributed by atoms with van der Waals surface area (Å²) in [6, 6.07) is 5.31. The molecular weight excluding hydrogens is 231 g/mol. The summed E-state index contributed by atoms with van der Waals surface area (Å²) in [5.74, 6) is 1.34. The smallest absolute Gasteiger partial charge is 0.488 e. The number of rotatable bonds is 4. The molecule has 1 aliphatic rings. The molecule has 1 fully saturated rings. The SMILES string of the molecule is Cc1cc(OCC2CCOCC2)ccc1B(O)O. The van der Waals surface area contributed by atoms with Crippen LogP contribution in [0.4, 0.5) is 0 Å². The van der Waals surface area contributed by atoms with Crippen molar-refractivity contribution < 1.29 is 19.5 Å². The molecule has 2 N–H and O–H groups in total. The average Bonchev–Trinajstić information content (AvgIpc) is 2.37. The Balaban J connectivity index is 1.91. The largest absolute Gasteiger partial charge is 0.493 e. The first-order valence-corrected chi connectivity index (χ1v) is 6.34. The van der Waals surface area contributed by atoms with Gasteiger partial charge in [0.2, 0.25) is 0 Å². The van der Waals surface area contributed by atoms with E-state index in [4.69, 9.17) is 19.5 Å². The first-order chi connectivity index (χ1) is 8.66. The minimum absolute atomic E-state index is 0.522. The van der Waals surface area contributed by atoms with Gasteiger partial charge in [-0.3, -0.25) is 0 Å². The number of aryl methyl sites for hydroxylation is 1. The van der Waals surface area contributed by atoms with E-state index < -0.39 is 7.12 Å². The van der Waals surface area contributed by atoms with Gasteiger partial charge in [0.1, 0.15) is 5.75 Å². The van der Waals surface area contributed by atoms with Crippen LogP contribution in [0.1, 0.15) is 18.4 Å². The van der Waals surface area contributed by atoms with Crippen molar-refractivity contribution in [1.29, 1.82) is 0 Å². The van der Waals surface area contributed by atoms with Gasteiger partial charge in [0.15, 0.2) is 0 Å². The van der Waals surface area contributed by atoms with E-state index in [9.17, 15) is 0 Å². The van der Waals surface area contributed by atoms with Crippen LogP contribution in [-0.2, 0) is 4.74 Å². The molecule has 0 atom stereocenters. The summed E-state index contributed by atoms with van der Waals surface area (Å²) in [6.07, 6.45) is 2.10. The fourth-order valence-electron chi connectivity index (χ4n) is 2.15. The lowest BCUT2D eigenvalue weighted by Crippen LogP contribution is -2.32. The third kappa shape index (κ3) is 3.48. The van der Waals surface area contributed by atoms with E-state index in [0.717, 1.165) is 37.4 Å². The standard InChI is InChI=1S/C13H19BO4/c1-10-8-12(2-3-13(10)14(15)16)18-9-11-4-6-17-7-5-11/h2-3,8,11,15-16H,4-7,9H2,1H3. The topological polar surface area (TPSA) is 58.9 Å². The minimum Gasteiger partial charge on any atom is -0.493 e. The Kier molecular flexibility index (Phi) is 4.63. The highest BCUT2D eigenvalue weighted by Crippen LogP contribution is 2.18. The summed E-state index contributed by atoms with van der Waals surface area (Å²) >= 11 is 0. The molecule has 1 saturated heterocycles. The quantitative estimate of drug-likeness (QED) is 0.763. The lowest BCUT2D eigenvalue weighted by molar-refractivity contribution is 0.0497. The third-order valence-corrected chi connectivity index (χ3v) is 3.35. The van der Waals surface area contributed by atoms with Crippen LogP contribution in [0.2, 0.25) is 0 Å². The first kappa shape index (κ1) is 13.4. The van der Waals surface area contributed by atoms with Crippen LogP contribution in [-0.4, -0.2) is 37.0 Å². The minimum atomic E-state index is -1.42. The molecule has 1 heterocycles. The molecule has 1 aromatic carbocycles. The molecule has 0 bridgehead atoms. The second-order valence-electron chi connectivity index (χ2n) is 4.76. The Hall–Kier alpha value is -1.04. The maximum absolute atomic E-state index is 9.13. The molecule has 98 valence electrons. The van der Waals surface area contributed by atoms with Gasteiger partial charge in [-0.15, -0.1) is 0 Å². The van der Waals surface area contributed by atoms with E-state index >= 15 is 0 Å². The van der Waals surface area contributed by atoms with Gasteiger partial charge in [-0.25, -0.2) is 0 Å². The maximum atomic E-state index is 9.13. The van der Waals surface area contributed by atoms with Gasteiger partial charge in [0, 0.05) is 13.2 Å². The summed E-state index contributed by atoms with van der Waals surface area (Å²) < 4.78 is 11.0. The highest BCUT2D eigenvalue weighted by Gasteiger charge is 2.16. The van der Waals surface area contributed by atoms with E-state index in [2.05, 4.69) is 0 Å². The zero-order valence-electron chi connectivity index (χ0n) is 10.6. The van der Waals surface area contributed by atoms with Gasteiger partial charge in [0.25, 0.3) is 0 Å². The molecule has 0 aliphatic carbocycles. The van der Waals surface area contributed by atoms with E-state index in [0.29, 0.717) is 18.0 Å². The molecule has 2 rings (SSSR count). The molecule has 0 amide bonds. The lowest BCUT2D eigenvalue weighted by Gasteiger charge is -2.22. The van der Waals surface area contributed by atoms with Gasteiger partial charge in [-0.05, 0) is 48.8 Å². The molecule has 0 radical (unpaired) electrons. The highest BCUT2D eigenvalue weighted by atomic mass is 16.5. The van der Waals surface area contributed by atoms with E-state index in [1.165, 1.54) is 0 Å². The Morgan fingerprint density at radius 3 is 2.67 bits per heavy atom. The van der Waals surface area contributed by atoms with Gasteiger partial charge < -0.3 is 19.5 Å². The van der Waals surface area contributed by atoms with Crippen molar-refractivity contribution in [3.8, 4) is 5.75 Å². The van der Waals surface area contributed by atoms with Gasteiger partial charge >= 0.3 is 7.12 Å². The molecular formula is C13H19BO4. The molecule has 1 aliphatic heterocycles. The molecule has 0 unspecified atom stereocenters. The zero-order chi connectivity index (χ0) is 13.0. The number of ether oxygens (including phenoxy) is 2. The van der Waals surface area contributed by atoms with E-state index in [1.54, 1.807) is 12.1 Å². The van der Waals surface area contributed by atoms with Crippen LogP contribution in [0, 0.1) is 12.8 Å². The van der Waals surface area contributed by atoms with Crippen molar-refractivity contribution in [2.24, 2.45) is 5.92 Å². The van der Waals surface area contributed by atoms with Crippen molar-refractivity contribution >= 4 is 12.6 Å². The molecule has 1 aromatic rings. The van der Waals surface area contributed by atoms with Crippen molar-refractivity contribution in [2.75, 3.05) is 19.8 Å². The number of hydrogen-bond acceptors (Lipinski definition) is 4. The Bertz CT molecular complexity index is 389. The second kappa shape index (κ2) is 6.23. The van der Waals surface area contributed by atoms with Crippen molar-refractivity contribution in [3.63, 3.8) is 0 Å². The maximum Gasteiger partial charge on any atom is 0.488 e. The van der Waals surface area contributed by atoms with E-state index in [-0.39, 0.29) is 0 Å². The van der Waals surface area contributed by atoms with Gasteiger partial charge in [-0.2, -0.15) is 0 Å². The summed E-state index contributed by atoms with van der Waals surface area (Å²) in [4.78, 5) is 0. The number of hydrogen-bond donors (Lipinski definition) is 2. The van der Waals surface area contributed by atoms with Crippen LogP contribution in [0.3, 0.4) is 0 Å². The fraction of sp³-hybridized carbons (Fsp3) is 0.538. The Labute approximate surface area is 108 Å². The van der Waals surface area contributed by atoms with Crippen molar-refractivity contribution in [1.82, 2.24) is 0 Å². The zero-order valence-corrected chi connectivity index (χ0v) is 10.6. The average molecular weight is 250 g/mol. The van der Waals surface area contributed by atoms with Crippen LogP contribution >= 0.6 is 0 Å². The van der Waals surface area contributed by atoms with Crippen LogP contribution < -0.4 is 10.2 Å². The molecule has 0 spiro atoms. The Morgan fingerprint density at radius 2 is 2.06 bits per heavy atom. The second-order valence-corrected chi connectivity index (χ2v) is 4.76. The Morgan fingerprint density at radius 1 is 1.33 bits per heavy atom. The van der Waals surface area contributed by atoms with Gasteiger partial charge in [-0.1, -0.05) is 6.07 Å². The predicted molar refractivity (Wildman–Crippen MR) is 70.0 cm³/mol. The van der Waals surface area contributed by atoms with Crippen LogP contribution in [0.25, 0.3) is 0 Å². The van der Waals surface area contributed by atoms with E-state index in [1.807, 2.05) is 13.0 Å². The molecule has 0 saturated carbocycles. The summed E-state index contributed by atoms with van der Waals surface area (Å²) in [5.41, 5.74) is 1.35. The van der Waals surface area contributed by atoms with Crippen LogP contribution in [0.15, 0.2) is 18.2 Å². The monoisotopic (exact) mass is 250 g/mol.